The molecule has 1 aromatic carbocycles. The number of halogens is 2. The van der Waals surface area contributed by atoms with Crippen molar-refractivity contribution in [3.05, 3.63) is 35.9 Å². The van der Waals surface area contributed by atoms with Gasteiger partial charge in [0.05, 0.1) is 5.54 Å². The van der Waals surface area contributed by atoms with Gasteiger partial charge in [0.25, 0.3) is 6.43 Å². The third kappa shape index (κ3) is 1.86. The monoisotopic (exact) mass is 239 g/mol. The van der Waals surface area contributed by atoms with E-state index in [4.69, 9.17) is 5.73 Å². The summed E-state index contributed by atoms with van der Waals surface area (Å²) in [6, 6.07) is 9.56. The molecule has 2 N–H and O–H groups in total. The average Bonchev–Trinajstić information content (AvgIpc) is 2.80. The van der Waals surface area contributed by atoms with Gasteiger partial charge in [-0.3, -0.25) is 0 Å². The maximum atomic E-state index is 13.3. The van der Waals surface area contributed by atoms with Gasteiger partial charge in [-0.1, -0.05) is 43.2 Å². The van der Waals surface area contributed by atoms with Crippen LogP contribution in [0.3, 0.4) is 0 Å². The van der Waals surface area contributed by atoms with Gasteiger partial charge in [-0.25, -0.2) is 8.78 Å². The molecule has 1 atom stereocenters. The SMILES string of the molecule is CC(N)(C(F)F)C1(c2ccccc2)CCCC1. The van der Waals surface area contributed by atoms with Crippen molar-refractivity contribution in [3.8, 4) is 0 Å². The largest absolute Gasteiger partial charge is 0.320 e. The Hall–Kier alpha value is -0.960. The van der Waals surface area contributed by atoms with Crippen molar-refractivity contribution < 1.29 is 8.78 Å². The van der Waals surface area contributed by atoms with Crippen molar-refractivity contribution >= 4 is 0 Å². The second kappa shape index (κ2) is 4.37. The summed E-state index contributed by atoms with van der Waals surface area (Å²) in [5, 5.41) is 0. The van der Waals surface area contributed by atoms with Crippen LogP contribution in [0.5, 0.6) is 0 Å². The molecule has 0 spiro atoms. The summed E-state index contributed by atoms with van der Waals surface area (Å²) in [5.74, 6) is 0. The van der Waals surface area contributed by atoms with Gasteiger partial charge in [0.2, 0.25) is 0 Å². The summed E-state index contributed by atoms with van der Waals surface area (Å²) < 4.78 is 26.5. The summed E-state index contributed by atoms with van der Waals surface area (Å²) >= 11 is 0. The highest BCUT2D eigenvalue weighted by Gasteiger charge is 2.53. The molecule has 3 heteroatoms. The summed E-state index contributed by atoms with van der Waals surface area (Å²) in [5.41, 5.74) is 4.92. The van der Waals surface area contributed by atoms with E-state index in [0.717, 1.165) is 31.2 Å². The molecule has 1 fully saturated rings. The molecule has 0 amide bonds. The lowest BCUT2D eigenvalue weighted by molar-refractivity contribution is 0.0138. The van der Waals surface area contributed by atoms with Crippen LogP contribution in [-0.4, -0.2) is 12.0 Å². The molecule has 1 aliphatic carbocycles. The van der Waals surface area contributed by atoms with Gasteiger partial charge < -0.3 is 5.73 Å². The van der Waals surface area contributed by atoms with E-state index in [1.807, 2.05) is 30.3 Å². The van der Waals surface area contributed by atoms with Crippen LogP contribution in [0.25, 0.3) is 0 Å². The molecule has 1 nitrogen and oxygen atoms in total. The third-order valence-corrected chi connectivity index (χ3v) is 4.27. The normalized spacial score (nSPS) is 22.6. The zero-order chi connectivity index (χ0) is 12.5. The molecule has 1 aromatic rings. The van der Waals surface area contributed by atoms with E-state index in [-0.39, 0.29) is 0 Å². The van der Waals surface area contributed by atoms with E-state index in [0.29, 0.717) is 0 Å². The molecule has 17 heavy (non-hydrogen) atoms. The molecule has 2 rings (SSSR count). The molecule has 94 valence electrons. The Balaban J connectivity index is 2.47. The molecule has 0 aromatic heterocycles. The quantitative estimate of drug-likeness (QED) is 0.858. The molecular weight excluding hydrogens is 220 g/mol. The van der Waals surface area contributed by atoms with Gasteiger partial charge in [0, 0.05) is 5.41 Å². The van der Waals surface area contributed by atoms with Gasteiger partial charge in [-0.15, -0.1) is 0 Å². The van der Waals surface area contributed by atoms with Crippen molar-refractivity contribution in [1.29, 1.82) is 0 Å². The Morgan fingerprint density at radius 3 is 2.18 bits per heavy atom. The number of rotatable bonds is 3. The van der Waals surface area contributed by atoms with Crippen LogP contribution in [0.4, 0.5) is 8.78 Å². The lowest BCUT2D eigenvalue weighted by Crippen LogP contribution is -2.59. The fourth-order valence-corrected chi connectivity index (χ4v) is 3.08. The summed E-state index contributed by atoms with van der Waals surface area (Å²) in [6.07, 6.45) is 0.978. The van der Waals surface area contributed by atoms with E-state index < -0.39 is 17.4 Å². The van der Waals surface area contributed by atoms with Crippen LogP contribution in [0, 0.1) is 0 Å². The number of benzene rings is 1. The molecule has 0 saturated heterocycles. The zero-order valence-corrected chi connectivity index (χ0v) is 10.1. The number of alkyl halides is 2. The minimum Gasteiger partial charge on any atom is -0.320 e. The standard InChI is InChI=1S/C14H19F2N/c1-13(17,12(15)16)14(9-5-6-10-14)11-7-3-2-4-8-11/h2-4,7-8,12H,5-6,9-10,17H2,1H3. The Kier molecular flexibility index (Phi) is 3.21. The topological polar surface area (TPSA) is 26.0 Å². The van der Waals surface area contributed by atoms with Crippen LogP contribution in [0.2, 0.25) is 0 Å². The Labute approximate surface area is 101 Å². The molecule has 1 unspecified atom stereocenters. The Morgan fingerprint density at radius 1 is 1.18 bits per heavy atom. The van der Waals surface area contributed by atoms with Crippen LogP contribution < -0.4 is 5.73 Å². The van der Waals surface area contributed by atoms with Gasteiger partial charge in [0.15, 0.2) is 0 Å². The zero-order valence-electron chi connectivity index (χ0n) is 10.1. The van der Waals surface area contributed by atoms with Gasteiger partial charge in [0.1, 0.15) is 0 Å². The lowest BCUT2D eigenvalue weighted by Gasteiger charge is -2.44. The Bertz CT molecular complexity index is 367. The highest BCUT2D eigenvalue weighted by Crippen LogP contribution is 2.49. The molecule has 0 radical (unpaired) electrons. The molecule has 1 saturated carbocycles. The van der Waals surface area contributed by atoms with E-state index >= 15 is 0 Å². The first kappa shape index (κ1) is 12.5. The minimum atomic E-state index is -2.50. The fraction of sp³-hybridized carbons (Fsp3) is 0.571. The van der Waals surface area contributed by atoms with Crippen molar-refractivity contribution in [2.45, 2.75) is 50.0 Å². The predicted octanol–water partition coefficient (Wildman–Crippen LogP) is 3.48. The number of nitrogens with two attached hydrogens (primary N) is 1. The lowest BCUT2D eigenvalue weighted by atomic mass is 9.65. The van der Waals surface area contributed by atoms with Gasteiger partial charge in [-0.05, 0) is 25.3 Å². The molecule has 0 bridgehead atoms. The van der Waals surface area contributed by atoms with E-state index in [1.165, 1.54) is 6.92 Å². The van der Waals surface area contributed by atoms with Crippen molar-refractivity contribution in [3.63, 3.8) is 0 Å². The summed E-state index contributed by atoms with van der Waals surface area (Å²) in [7, 11) is 0. The van der Waals surface area contributed by atoms with Crippen molar-refractivity contribution in [1.82, 2.24) is 0 Å². The van der Waals surface area contributed by atoms with E-state index in [1.54, 1.807) is 0 Å². The third-order valence-electron chi connectivity index (χ3n) is 4.27. The summed E-state index contributed by atoms with van der Waals surface area (Å²) in [6.45, 7) is 1.50. The first-order valence-electron chi connectivity index (χ1n) is 6.13. The maximum absolute atomic E-state index is 13.3. The Morgan fingerprint density at radius 2 is 1.71 bits per heavy atom. The fourth-order valence-electron chi connectivity index (χ4n) is 3.08. The highest BCUT2D eigenvalue weighted by atomic mass is 19.3. The molecule has 0 heterocycles. The smallest absolute Gasteiger partial charge is 0.256 e. The second-order valence-electron chi connectivity index (χ2n) is 5.24. The predicted molar refractivity (Wildman–Crippen MR) is 65.2 cm³/mol. The van der Waals surface area contributed by atoms with Crippen LogP contribution in [0.1, 0.15) is 38.2 Å². The van der Waals surface area contributed by atoms with Crippen molar-refractivity contribution in [2.24, 2.45) is 5.73 Å². The molecule has 1 aliphatic rings. The van der Waals surface area contributed by atoms with Crippen LogP contribution in [0.15, 0.2) is 30.3 Å². The van der Waals surface area contributed by atoms with Gasteiger partial charge >= 0.3 is 0 Å². The maximum Gasteiger partial charge on any atom is 0.256 e. The highest BCUT2D eigenvalue weighted by molar-refractivity contribution is 5.32. The first-order valence-corrected chi connectivity index (χ1v) is 6.13. The second-order valence-corrected chi connectivity index (χ2v) is 5.24. The summed E-state index contributed by atoms with van der Waals surface area (Å²) in [4.78, 5) is 0. The first-order chi connectivity index (χ1) is 8.01. The van der Waals surface area contributed by atoms with E-state index in [9.17, 15) is 8.78 Å². The molecule has 0 aliphatic heterocycles. The minimum absolute atomic E-state index is 0.567. The van der Waals surface area contributed by atoms with E-state index in [2.05, 4.69) is 0 Å². The molecular formula is C14H19F2N. The van der Waals surface area contributed by atoms with Crippen molar-refractivity contribution in [2.75, 3.05) is 0 Å². The van der Waals surface area contributed by atoms with Crippen LogP contribution >= 0.6 is 0 Å². The average molecular weight is 239 g/mol. The van der Waals surface area contributed by atoms with Gasteiger partial charge in [-0.2, -0.15) is 0 Å². The number of hydrogen-bond acceptors (Lipinski definition) is 1. The number of hydrogen-bond donors (Lipinski definition) is 1. The van der Waals surface area contributed by atoms with Crippen LogP contribution in [-0.2, 0) is 5.41 Å².